The molecule has 2 aliphatic heterocycles. The lowest BCUT2D eigenvalue weighted by Gasteiger charge is -2.32. The average molecular weight is 272 g/mol. The molecular weight excluding hydrogens is 251 g/mol. The van der Waals surface area contributed by atoms with Gasteiger partial charge in [-0.1, -0.05) is 18.2 Å². The second-order valence-corrected chi connectivity index (χ2v) is 7.29. The van der Waals surface area contributed by atoms with Crippen molar-refractivity contribution in [2.24, 2.45) is 0 Å². The van der Waals surface area contributed by atoms with Crippen LogP contribution in [-0.2, 0) is 26.3 Å². The molecule has 1 aliphatic carbocycles. The van der Waals surface area contributed by atoms with Crippen molar-refractivity contribution in [1.82, 2.24) is 0 Å². The Bertz CT molecular complexity index is 559. The SMILES string of the molecule is CC1(C)OB(c2ccc3c(c2)COC32CC2)OC1(C)C. The number of hydrogen-bond donors (Lipinski definition) is 0. The summed E-state index contributed by atoms with van der Waals surface area (Å²) in [6, 6.07) is 6.54. The van der Waals surface area contributed by atoms with E-state index in [4.69, 9.17) is 14.0 Å². The second kappa shape index (κ2) is 3.67. The predicted molar refractivity (Wildman–Crippen MR) is 77.9 cm³/mol. The zero-order chi connectivity index (χ0) is 14.2. The molecule has 2 heterocycles. The van der Waals surface area contributed by atoms with Crippen LogP contribution in [0.1, 0.15) is 51.7 Å². The van der Waals surface area contributed by atoms with Gasteiger partial charge in [0.2, 0.25) is 0 Å². The highest BCUT2D eigenvalue weighted by molar-refractivity contribution is 6.62. The molecule has 1 saturated heterocycles. The van der Waals surface area contributed by atoms with Crippen molar-refractivity contribution >= 4 is 12.6 Å². The Labute approximate surface area is 120 Å². The zero-order valence-electron chi connectivity index (χ0n) is 12.7. The molecule has 2 fully saturated rings. The van der Waals surface area contributed by atoms with E-state index in [1.165, 1.54) is 11.1 Å². The maximum atomic E-state index is 6.11. The highest BCUT2D eigenvalue weighted by atomic mass is 16.7. The Kier molecular flexibility index (Phi) is 2.36. The van der Waals surface area contributed by atoms with Crippen molar-refractivity contribution in [3.8, 4) is 0 Å². The van der Waals surface area contributed by atoms with Crippen LogP contribution in [0.3, 0.4) is 0 Å². The van der Waals surface area contributed by atoms with Gasteiger partial charge in [0, 0.05) is 0 Å². The lowest BCUT2D eigenvalue weighted by molar-refractivity contribution is 0.00578. The van der Waals surface area contributed by atoms with E-state index in [0.29, 0.717) is 0 Å². The van der Waals surface area contributed by atoms with E-state index in [1.54, 1.807) is 0 Å². The monoisotopic (exact) mass is 272 g/mol. The van der Waals surface area contributed by atoms with Crippen LogP contribution in [0.5, 0.6) is 0 Å². The molecular formula is C16H21BO3. The Balaban J connectivity index is 1.65. The van der Waals surface area contributed by atoms with Crippen molar-refractivity contribution in [3.63, 3.8) is 0 Å². The molecule has 0 aromatic heterocycles. The van der Waals surface area contributed by atoms with E-state index in [-0.39, 0.29) is 23.9 Å². The molecule has 1 aromatic carbocycles. The van der Waals surface area contributed by atoms with Gasteiger partial charge in [0.1, 0.15) is 0 Å². The molecule has 3 aliphatic rings. The molecule has 1 aromatic rings. The molecule has 3 nitrogen and oxygen atoms in total. The Morgan fingerprint density at radius 2 is 1.65 bits per heavy atom. The van der Waals surface area contributed by atoms with Gasteiger partial charge in [-0.15, -0.1) is 0 Å². The molecule has 1 saturated carbocycles. The van der Waals surface area contributed by atoms with Gasteiger partial charge in [-0.2, -0.15) is 0 Å². The van der Waals surface area contributed by atoms with Crippen LogP contribution in [0.4, 0.5) is 0 Å². The van der Waals surface area contributed by atoms with Gasteiger partial charge in [-0.05, 0) is 57.1 Å². The van der Waals surface area contributed by atoms with Crippen molar-refractivity contribution in [3.05, 3.63) is 29.3 Å². The summed E-state index contributed by atoms with van der Waals surface area (Å²) in [4.78, 5) is 0. The third-order valence-corrected chi connectivity index (χ3v) is 5.35. The summed E-state index contributed by atoms with van der Waals surface area (Å²) in [6.07, 6.45) is 2.33. The van der Waals surface area contributed by atoms with Crippen LogP contribution in [-0.4, -0.2) is 18.3 Å². The molecule has 0 atom stereocenters. The largest absolute Gasteiger partial charge is 0.494 e. The fourth-order valence-corrected chi connectivity index (χ4v) is 3.12. The zero-order valence-corrected chi connectivity index (χ0v) is 12.7. The van der Waals surface area contributed by atoms with Crippen LogP contribution in [0, 0.1) is 0 Å². The summed E-state index contributed by atoms with van der Waals surface area (Å²) in [5, 5.41) is 0. The number of rotatable bonds is 1. The second-order valence-electron chi connectivity index (χ2n) is 7.29. The predicted octanol–water partition coefficient (Wildman–Crippen LogP) is 2.51. The van der Waals surface area contributed by atoms with E-state index in [1.807, 2.05) is 0 Å². The topological polar surface area (TPSA) is 27.7 Å². The minimum Gasteiger partial charge on any atom is -0.399 e. The standard InChI is InChI=1S/C16H21BO3/c1-14(2)15(3,4)20-17(19-14)12-5-6-13-11(9-12)10-18-16(13)7-8-16/h5-6,9H,7-8,10H2,1-4H3. The van der Waals surface area contributed by atoms with Gasteiger partial charge >= 0.3 is 7.12 Å². The van der Waals surface area contributed by atoms with E-state index in [9.17, 15) is 0 Å². The van der Waals surface area contributed by atoms with Crippen LogP contribution in [0.2, 0.25) is 0 Å². The smallest absolute Gasteiger partial charge is 0.399 e. The highest BCUT2D eigenvalue weighted by Gasteiger charge is 2.53. The minimum absolute atomic E-state index is 0.0593. The van der Waals surface area contributed by atoms with Crippen molar-refractivity contribution in [2.75, 3.05) is 0 Å². The number of ether oxygens (including phenoxy) is 1. The summed E-state index contributed by atoms with van der Waals surface area (Å²) < 4.78 is 18.2. The first-order valence-corrected chi connectivity index (χ1v) is 7.46. The van der Waals surface area contributed by atoms with E-state index in [0.717, 1.165) is 24.9 Å². The molecule has 106 valence electrons. The van der Waals surface area contributed by atoms with E-state index >= 15 is 0 Å². The quantitative estimate of drug-likeness (QED) is 0.735. The molecule has 1 spiro atoms. The third kappa shape index (κ3) is 1.65. The normalized spacial score (nSPS) is 27.9. The summed E-state index contributed by atoms with van der Waals surface area (Å²) >= 11 is 0. The average Bonchev–Trinajstić information content (AvgIpc) is 3.00. The summed E-state index contributed by atoms with van der Waals surface area (Å²) in [5.74, 6) is 0. The van der Waals surface area contributed by atoms with Crippen LogP contribution in [0.25, 0.3) is 0 Å². The van der Waals surface area contributed by atoms with Crippen LogP contribution in [0.15, 0.2) is 18.2 Å². The van der Waals surface area contributed by atoms with Gasteiger partial charge in [0.15, 0.2) is 0 Å². The lowest BCUT2D eigenvalue weighted by atomic mass is 9.77. The van der Waals surface area contributed by atoms with Gasteiger partial charge in [-0.3, -0.25) is 0 Å². The Hall–Kier alpha value is -0.835. The van der Waals surface area contributed by atoms with Gasteiger partial charge in [0.05, 0.1) is 23.4 Å². The van der Waals surface area contributed by atoms with Crippen LogP contribution < -0.4 is 5.46 Å². The van der Waals surface area contributed by atoms with Gasteiger partial charge in [0.25, 0.3) is 0 Å². The maximum absolute atomic E-state index is 6.11. The molecule has 0 radical (unpaired) electrons. The van der Waals surface area contributed by atoms with E-state index < -0.39 is 0 Å². The molecule has 0 amide bonds. The fourth-order valence-electron chi connectivity index (χ4n) is 3.12. The fraction of sp³-hybridized carbons (Fsp3) is 0.625. The molecule has 4 rings (SSSR count). The molecule has 0 unspecified atom stereocenters. The summed E-state index contributed by atoms with van der Waals surface area (Å²) in [7, 11) is -0.277. The summed E-state index contributed by atoms with van der Waals surface area (Å²) in [6.45, 7) is 9.07. The van der Waals surface area contributed by atoms with Crippen molar-refractivity contribution in [1.29, 1.82) is 0 Å². The van der Waals surface area contributed by atoms with E-state index in [2.05, 4.69) is 45.9 Å². The first-order chi connectivity index (χ1) is 9.33. The summed E-state index contributed by atoms with van der Waals surface area (Å²) in [5.41, 5.74) is 3.26. The molecule has 4 heteroatoms. The van der Waals surface area contributed by atoms with Gasteiger partial charge in [-0.25, -0.2) is 0 Å². The first-order valence-electron chi connectivity index (χ1n) is 7.46. The molecule has 20 heavy (non-hydrogen) atoms. The molecule has 0 bridgehead atoms. The molecule has 0 N–H and O–H groups in total. The van der Waals surface area contributed by atoms with Crippen LogP contribution >= 0.6 is 0 Å². The third-order valence-electron chi connectivity index (χ3n) is 5.35. The Morgan fingerprint density at radius 1 is 1.00 bits per heavy atom. The van der Waals surface area contributed by atoms with Crippen molar-refractivity contribution in [2.45, 2.75) is 63.9 Å². The Morgan fingerprint density at radius 3 is 2.25 bits per heavy atom. The highest BCUT2D eigenvalue weighted by Crippen LogP contribution is 2.54. The first kappa shape index (κ1) is 12.9. The van der Waals surface area contributed by atoms with Crippen molar-refractivity contribution < 1.29 is 14.0 Å². The number of hydrogen-bond acceptors (Lipinski definition) is 3. The number of benzene rings is 1. The van der Waals surface area contributed by atoms with Gasteiger partial charge < -0.3 is 14.0 Å². The minimum atomic E-state index is -0.287. The maximum Gasteiger partial charge on any atom is 0.494 e. The number of fused-ring (bicyclic) bond motifs is 2. The lowest BCUT2D eigenvalue weighted by Crippen LogP contribution is -2.41.